The van der Waals surface area contributed by atoms with Crippen LogP contribution in [0, 0.1) is 5.41 Å². The van der Waals surface area contributed by atoms with Crippen LogP contribution in [0.2, 0.25) is 25.7 Å². The quantitative estimate of drug-likeness (QED) is 0.414. The molecule has 0 atom stereocenters. The van der Waals surface area contributed by atoms with Gasteiger partial charge in [0.1, 0.15) is 0 Å². The molecule has 0 N–H and O–H groups in total. The molecule has 0 amide bonds. The molecule has 19 heavy (non-hydrogen) atoms. The molecule has 0 fully saturated rings. The Morgan fingerprint density at radius 2 is 1.89 bits per heavy atom. The van der Waals surface area contributed by atoms with Crippen LogP contribution in [0.15, 0.2) is 34.9 Å². The average molecular weight is 277 g/mol. The maximum absolute atomic E-state index is 2.43. The molecule has 0 radical (unpaired) electrons. The van der Waals surface area contributed by atoms with Gasteiger partial charge in [-0.3, -0.25) is 0 Å². The topological polar surface area (TPSA) is 0 Å². The molecule has 0 spiro atoms. The first-order chi connectivity index (χ1) is 8.62. The van der Waals surface area contributed by atoms with Crippen molar-refractivity contribution in [2.75, 3.05) is 0 Å². The second kappa shape index (κ2) is 6.26. The molecule has 1 rings (SSSR count). The van der Waals surface area contributed by atoms with Crippen LogP contribution in [0.1, 0.15) is 47.0 Å². The minimum absolute atomic E-state index is 0.359. The first-order valence-electron chi connectivity index (χ1n) is 7.67. The highest BCUT2D eigenvalue weighted by molar-refractivity contribution is 6.76. The van der Waals surface area contributed by atoms with Gasteiger partial charge in [0.25, 0.3) is 0 Å². The van der Waals surface area contributed by atoms with E-state index in [0.29, 0.717) is 5.41 Å². The van der Waals surface area contributed by atoms with Crippen LogP contribution in [-0.2, 0) is 0 Å². The summed E-state index contributed by atoms with van der Waals surface area (Å²) in [5.41, 5.74) is 4.94. The minimum Gasteiger partial charge on any atom is -0.0843 e. The van der Waals surface area contributed by atoms with Gasteiger partial charge in [-0.05, 0) is 50.1 Å². The molecule has 0 heterocycles. The number of hydrogen-bond acceptors (Lipinski definition) is 0. The smallest absolute Gasteiger partial charge is 0.0480 e. The Morgan fingerprint density at radius 3 is 2.42 bits per heavy atom. The Kier molecular flexibility index (Phi) is 5.43. The Morgan fingerprint density at radius 1 is 1.26 bits per heavy atom. The van der Waals surface area contributed by atoms with E-state index in [4.69, 9.17) is 0 Å². The number of allylic oxidation sites excluding steroid dienone is 6. The van der Waals surface area contributed by atoms with E-state index in [1.165, 1.54) is 30.9 Å². The molecule has 1 heteroatoms. The molecule has 0 saturated carbocycles. The molecule has 0 aromatic rings. The molecule has 0 unspecified atom stereocenters. The average Bonchev–Trinajstić information content (AvgIpc) is 2.23. The van der Waals surface area contributed by atoms with Crippen molar-refractivity contribution in [1.29, 1.82) is 0 Å². The summed E-state index contributed by atoms with van der Waals surface area (Å²) >= 11 is 0. The largest absolute Gasteiger partial charge is 0.0843 e. The molecule has 0 saturated heterocycles. The predicted octanol–water partition coefficient (Wildman–Crippen LogP) is 6.35. The van der Waals surface area contributed by atoms with Crippen molar-refractivity contribution < 1.29 is 0 Å². The van der Waals surface area contributed by atoms with E-state index >= 15 is 0 Å². The Bertz CT molecular complexity index is 400. The maximum atomic E-state index is 2.43. The first-order valence-corrected chi connectivity index (χ1v) is 11.4. The van der Waals surface area contributed by atoms with E-state index in [0.717, 1.165) is 0 Å². The molecule has 108 valence electrons. The van der Waals surface area contributed by atoms with Crippen molar-refractivity contribution >= 4 is 8.07 Å². The standard InChI is InChI=1S/C18H32Si/c1-15(12-14-19(5,6)7)10-11-17-16(2)9-8-13-18(17,3)4/h10-12H,8-9,13-14H2,1-7H3/b11-10+,15-12+. The summed E-state index contributed by atoms with van der Waals surface area (Å²) in [4.78, 5) is 0. The van der Waals surface area contributed by atoms with E-state index < -0.39 is 8.07 Å². The zero-order chi connectivity index (χ0) is 14.7. The lowest BCUT2D eigenvalue weighted by Crippen LogP contribution is -2.19. The van der Waals surface area contributed by atoms with Crippen molar-refractivity contribution in [1.82, 2.24) is 0 Å². The van der Waals surface area contributed by atoms with Crippen LogP contribution >= 0.6 is 0 Å². The molecule has 0 aromatic heterocycles. The Labute approximate surface area is 121 Å². The molecular formula is C18H32Si. The molecular weight excluding hydrogens is 244 g/mol. The zero-order valence-corrected chi connectivity index (χ0v) is 15.1. The summed E-state index contributed by atoms with van der Waals surface area (Å²) < 4.78 is 0. The van der Waals surface area contributed by atoms with Crippen molar-refractivity contribution in [2.45, 2.75) is 72.6 Å². The lowest BCUT2D eigenvalue weighted by atomic mass is 9.72. The minimum atomic E-state index is -0.953. The van der Waals surface area contributed by atoms with Gasteiger partial charge in [-0.2, -0.15) is 0 Å². The van der Waals surface area contributed by atoms with Crippen molar-refractivity contribution in [3.63, 3.8) is 0 Å². The molecule has 1 aliphatic carbocycles. The molecule has 0 bridgehead atoms. The highest BCUT2D eigenvalue weighted by Crippen LogP contribution is 2.40. The van der Waals surface area contributed by atoms with Gasteiger partial charge < -0.3 is 0 Å². The van der Waals surface area contributed by atoms with Crippen LogP contribution < -0.4 is 0 Å². The van der Waals surface area contributed by atoms with Crippen molar-refractivity contribution in [2.24, 2.45) is 5.41 Å². The maximum Gasteiger partial charge on any atom is 0.0480 e. The predicted molar refractivity (Wildman–Crippen MR) is 91.4 cm³/mol. The van der Waals surface area contributed by atoms with Gasteiger partial charge in [-0.1, -0.05) is 62.9 Å². The van der Waals surface area contributed by atoms with E-state index in [1.807, 2.05) is 0 Å². The van der Waals surface area contributed by atoms with Crippen molar-refractivity contribution in [3.05, 3.63) is 34.9 Å². The fourth-order valence-electron chi connectivity index (χ4n) is 2.76. The van der Waals surface area contributed by atoms with Crippen LogP contribution in [0.3, 0.4) is 0 Å². The van der Waals surface area contributed by atoms with Crippen LogP contribution in [0.25, 0.3) is 0 Å². The van der Waals surface area contributed by atoms with E-state index in [1.54, 1.807) is 11.1 Å². The third kappa shape index (κ3) is 5.52. The Balaban J connectivity index is 2.80. The summed E-state index contributed by atoms with van der Waals surface area (Å²) in [5, 5.41) is 0. The van der Waals surface area contributed by atoms with Gasteiger partial charge in [0, 0.05) is 8.07 Å². The summed E-state index contributed by atoms with van der Waals surface area (Å²) in [7, 11) is -0.953. The number of hydrogen-bond donors (Lipinski definition) is 0. The van der Waals surface area contributed by atoms with Crippen molar-refractivity contribution in [3.8, 4) is 0 Å². The zero-order valence-electron chi connectivity index (χ0n) is 14.1. The third-order valence-electron chi connectivity index (χ3n) is 4.09. The lowest BCUT2D eigenvalue weighted by Gasteiger charge is -2.33. The fourth-order valence-corrected chi connectivity index (χ4v) is 3.69. The van der Waals surface area contributed by atoms with Gasteiger partial charge in [0.15, 0.2) is 0 Å². The van der Waals surface area contributed by atoms with E-state index in [-0.39, 0.29) is 0 Å². The van der Waals surface area contributed by atoms with Gasteiger partial charge in [0.2, 0.25) is 0 Å². The first kappa shape index (κ1) is 16.5. The van der Waals surface area contributed by atoms with Crippen LogP contribution in [-0.4, -0.2) is 8.07 Å². The molecule has 0 aromatic carbocycles. The van der Waals surface area contributed by atoms with Gasteiger partial charge >= 0.3 is 0 Å². The van der Waals surface area contributed by atoms with Gasteiger partial charge in [-0.25, -0.2) is 0 Å². The van der Waals surface area contributed by atoms with Gasteiger partial charge in [-0.15, -0.1) is 0 Å². The van der Waals surface area contributed by atoms with E-state index in [9.17, 15) is 0 Å². The highest BCUT2D eigenvalue weighted by Gasteiger charge is 2.26. The molecule has 1 aliphatic rings. The molecule has 0 aliphatic heterocycles. The second-order valence-corrected chi connectivity index (χ2v) is 13.5. The highest BCUT2D eigenvalue weighted by atomic mass is 28.3. The number of rotatable bonds is 4. The summed E-state index contributed by atoms with van der Waals surface area (Å²) in [5.74, 6) is 0. The Hall–Kier alpha value is -0.563. The van der Waals surface area contributed by atoms with Crippen LogP contribution in [0.5, 0.6) is 0 Å². The lowest BCUT2D eigenvalue weighted by molar-refractivity contribution is 0.377. The van der Waals surface area contributed by atoms with E-state index in [2.05, 4.69) is 65.6 Å². The fraction of sp³-hybridized carbons (Fsp3) is 0.667. The van der Waals surface area contributed by atoms with Gasteiger partial charge in [0.05, 0.1) is 0 Å². The normalized spacial score (nSPS) is 21.3. The monoisotopic (exact) mass is 276 g/mol. The second-order valence-electron chi connectivity index (χ2n) is 7.98. The van der Waals surface area contributed by atoms with Crippen LogP contribution in [0.4, 0.5) is 0 Å². The summed E-state index contributed by atoms with van der Waals surface area (Å²) in [6, 6.07) is 1.28. The SMILES string of the molecule is CC1=C(/C=C/C(C)=C/C[Si](C)(C)C)C(C)(C)CCC1. The third-order valence-corrected chi connectivity index (χ3v) is 5.52. The molecule has 0 nitrogen and oxygen atoms in total. The summed E-state index contributed by atoms with van der Waals surface area (Å²) in [6.45, 7) is 16.6. The summed E-state index contributed by atoms with van der Waals surface area (Å²) in [6.07, 6.45) is 11.1.